The SMILES string of the molecule is CN(C)C1CCN(C(=O)c2cnn3c(N)c(-c4ccc(NS(=O)(=O)c5cccc(C(F)(F)F)c5)cc4F)cnc23)C1. The highest BCUT2D eigenvalue weighted by atomic mass is 32.2. The molecular weight excluding hydrogens is 566 g/mol. The van der Waals surface area contributed by atoms with Crippen LogP contribution in [0.5, 0.6) is 0 Å². The fourth-order valence-corrected chi connectivity index (χ4v) is 5.77. The van der Waals surface area contributed by atoms with Gasteiger partial charge in [0, 0.05) is 36.5 Å². The number of fused-ring (bicyclic) bond motifs is 1. The van der Waals surface area contributed by atoms with E-state index in [1.54, 1.807) is 4.90 Å². The number of likely N-dealkylation sites (tertiary alicyclic amines) is 1. The molecule has 1 aliphatic rings. The van der Waals surface area contributed by atoms with E-state index < -0.39 is 32.5 Å². The van der Waals surface area contributed by atoms with Crippen LogP contribution in [0.15, 0.2) is 59.8 Å². The van der Waals surface area contributed by atoms with Gasteiger partial charge in [0.25, 0.3) is 15.9 Å². The quantitative estimate of drug-likeness (QED) is 0.328. The molecule has 0 spiro atoms. The summed E-state index contributed by atoms with van der Waals surface area (Å²) in [7, 11) is -0.548. The lowest BCUT2D eigenvalue weighted by Gasteiger charge is -2.20. The summed E-state index contributed by atoms with van der Waals surface area (Å²) in [4.78, 5) is 20.6. The number of likely N-dealkylation sites (N-methyl/N-ethyl adjacent to an activating group) is 1. The molecule has 0 aliphatic carbocycles. The Morgan fingerprint density at radius 1 is 1.12 bits per heavy atom. The minimum atomic E-state index is -4.74. The summed E-state index contributed by atoms with van der Waals surface area (Å²) in [5.41, 5.74) is 5.48. The molecule has 15 heteroatoms. The number of benzene rings is 2. The summed E-state index contributed by atoms with van der Waals surface area (Å²) in [5.74, 6) is -1.12. The maximum Gasteiger partial charge on any atom is 0.416 e. The number of anilines is 2. The number of hydrogen-bond donors (Lipinski definition) is 2. The Bertz CT molecular complexity index is 1760. The van der Waals surface area contributed by atoms with Crippen LogP contribution in [0.25, 0.3) is 16.8 Å². The van der Waals surface area contributed by atoms with Crippen molar-refractivity contribution in [3.8, 4) is 11.1 Å². The summed E-state index contributed by atoms with van der Waals surface area (Å²) in [6, 6.07) is 6.79. The first-order valence-electron chi connectivity index (χ1n) is 12.3. The van der Waals surface area contributed by atoms with Crippen LogP contribution in [0, 0.1) is 5.82 Å². The Kier molecular flexibility index (Phi) is 7.11. The maximum absolute atomic E-state index is 15.2. The first-order chi connectivity index (χ1) is 19.3. The lowest BCUT2D eigenvalue weighted by Crippen LogP contribution is -2.34. The molecule has 0 saturated carbocycles. The third-order valence-electron chi connectivity index (χ3n) is 6.96. The van der Waals surface area contributed by atoms with Crippen molar-refractivity contribution in [2.45, 2.75) is 23.5 Å². The molecule has 1 aliphatic heterocycles. The zero-order chi connectivity index (χ0) is 29.7. The number of hydrogen-bond acceptors (Lipinski definition) is 7. The number of nitrogens with zero attached hydrogens (tertiary/aromatic N) is 5. The van der Waals surface area contributed by atoms with E-state index in [2.05, 4.69) is 19.7 Å². The third kappa shape index (κ3) is 5.41. The molecule has 1 saturated heterocycles. The van der Waals surface area contributed by atoms with E-state index >= 15 is 4.39 Å². The van der Waals surface area contributed by atoms with Gasteiger partial charge < -0.3 is 15.5 Å². The smallest absolute Gasteiger partial charge is 0.383 e. The Labute approximate surface area is 232 Å². The van der Waals surface area contributed by atoms with Gasteiger partial charge in [0.15, 0.2) is 5.65 Å². The van der Waals surface area contributed by atoms with Crippen LogP contribution in [0.2, 0.25) is 0 Å². The molecule has 0 radical (unpaired) electrons. The predicted octanol–water partition coefficient (Wildman–Crippen LogP) is 3.71. The molecule has 4 aromatic rings. The van der Waals surface area contributed by atoms with Crippen molar-refractivity contribution in [2.75, 3.05) is 37.6 Å². The summed E-state index contributed by atoms with van der Waals surface area (Å²) < 4.78 is 82.9. The van der Waals surface area contributed by atoms with Gasteiger partial charge in [-0.3, -0.25) is 9.52 Å². The predicted molar refractivity (Wildman–Crippen MR) is 143 cm³/mol. The number of aromatic nitrogens is 3. The number of halogens is 4. The second-order valence-corrected chi connectivity index (χ2v) is 11.5. The van der Waals surface area contributed by atoms with Crippen molar-refractivity contribution in [3.63, 3.8) is 0 Å². The highest BCUT2D eigenvalue weighted by Crippen LogP contribution is 2.33. The standard InChI is InChI=1S/C26H25F4N7O3S/c1-35(2)17-8-9-36(14-17)25(38)21-13-33-37-23(31)20(12-32-24(21)37)19-7-6-16(11-22(19)27)34-41(39,40)18-5-3-4-15(10-18)26(28,29)30/h3-7,10-13,17,34H,8-9,14,31H2,1-2H3. The number of rotatable bonds is 6. The molecule has 1 atom stereocenters. The normalized spacial score (nSPS) is 16.1. The van der Waals surface area contributed by atoms with E-state index in [4.69, 9.17) is 5.73 Å². The van der Waals surface area contributed by atoms with Crippen molar-refractivity contribution >= 4 is 33.1 Å². The zero-order valence-corrected chi connectivity index (χ0v) is 22.7. The number of alkyl halides is 3. The summed E-state index contributed by atoms with van der Waals surface area (Å²) in [6.07, 6.45) is -1.25. The number of sulfonamides is 1. The monoisotopic (exact) mass is 591 g/mol. The van der Waals surface area contributed by atoms with Crippen LogP contribution in [0.4, 0.5) is 29.1 Å². The maximum atomic E-state index is 15.2. The van der Waals surface area contributed by atoms with E-state index in [9.17, 15) is 26.4 Å². The van der Waals surface area contributed by atoms with E-state index in [1.165, 1.54) is 29.0 Å². The molecule has 2 aromatic carbocycles. The van der Waals surface area contributed by atoms with Crippen LogP contribution in [-0.2, 0) is 16.2 Å². The molecule has 1 amide bonds. The van der Waals surface area contributed by atoms with Crippen LogP contribution in [0.3, 0.4) is 0 Å². The fraction of sp³-hybridized carbons (Fsp3) is 0.269. The number of nitrogens with two attached hydrogens (primary N) is 1. The molecule has 216 valence electrons. The van der Waals surface area contributed by atoms with E-state index in [0.717, 1.165) is 30.7 Å². The minimum Gasteiger partial charge on any atom is -0.383 e. The summed E-state index contributed by atoms with van der Waals surface area (Å²) in [5, 5.41) is 4.18. The molecule has 10 nitrogen and oxygen atoms in total. The topological polar surface area (TPSA) is 126 Å². The highest BCUT2D eigenvalue weighted by Gasteiger charge is 2.32. The van der Waals surface area contributed by atoms with Gasteiger partial charge in [-0.25, -0.2) is 17.8 Å². The van der Waals surface area contributed by atoms with Gasteiger partial charge >= 0.3 is 6.18 Å². The Morgan fingerprint density at radius 2 is 1.88 bits per heavy atom. The Morgan fingerprint density at radius 3 is 2.54 bits per heavy atom. The number of carbonyl (C=O) groups is 1. The van der Waals surface area contributed by atoms with Crippen LogP contribution >= 0.6 is 0 Å². The van der Waals surface area contributed by atoms with E-state index in [-0.39, 0.29) is 45.8 Å². The van der Waals surface area contributed by atoms with Crippen molar-refractivity contribution in [1.29, 1.82) is 0 Å². The average molecular weight is 592 g/mol. The van der Waals surface area contributed by atoms with Crippen molar-refractivity contribution < 1.29 is 30.8 Å². The number of nitrogen functional groups attached to an aromatic ring is 1. The lowest BCUT2D eigenvalue weighted by atomic mass is 10.1. The summed E-state index contributed by atoms with van der Waals surface area (Å²) in [6.45, 7) is 1.15. The zero-order valence-electron chi connectivity index (χ0n) is 21.9. The molecule has 1 fully saturated rings. The van der Waals surface area contributed by atoms with E-state index in [0.29, 0.717) is 19.2 Å². The van der Waals surface area contributed by atoms with Gasteiger partial charge in [-0.1, -0.05) is 6.07 Å². The number of nitrogens with one attached hydrogen (secondary N) is 1. The fourth-order valence-electron chi connectivity index (χ4n) is 4.68. The second-order valence-electron chi connectivity index (χ2n) is 9.83. The van der Waals surface area contributed by atoms with Crippen LogP contribution in [-0.4, -0.2) is 71.9 Å². The molecule has 0 bridgehead atoms. The Balaban J connectivity index is 1.40. The van der Waals surface area contributed by atoms with Gasteiger partial charge in [-0.2, -0.15) is 22.8 Å². The highest BCUT2D eigenvalue weighted by molar-refractivity contribution is 7.92. The minimum absolute atomic E-state index is 0.00200. The van der Waals surface area contributed by atoms with Crippen LogP contribution in [0.1, 0.15) is 22.3 Å². The Hall–Kier alpha value is -4.24. The lowest BCUT2D eigenvalue weighted by molar-refractivity contribution is -0.137. The van der Waals surface area contributed by atoms with Gasteiger partial charge in [0.05, 0.1) is 22.3 Å². The first kappa shape index (κ1) is 28.3. The molecule has 1 unspecified atom stereocenters. The average Bonchev–Trinajstić information content (AvgIpc) is 3.57. The third-order valence-corrected chi connectivity index (χ3v) is 8.34. The van der Waals surface area contributed by atoms with Crippen molar-refractivity contribution in [3.05, 3.63) is 71.8 Å². The van der Waals surface area contributed by atoms with Gasteiger partial charge in [-0.05, 0) is 56.9 Å². The van der Waals surface area contributed by atoms with Gasteiger partial charge in [-0.15, -0.1) is 0 Å². The van der Waals surface area contributed by atoms with E-state index in [1.807, 2.05) is 14.1 Å². The molecule has 3 heterocycles. The molecular formula is C26H25F4N7O3S. The van der Waals surface area contributed by atoms with Gasteiger partial charge in [0.1, 0.15) is 17.2 Å². The molecule has 41 heavy (non-hydrogen) atoms. The second kappa shape index (κ2) is 10.3. The van der Waals surface area contributed by atoms with Crippen molar-refractivity contribution in [1.82, 2.24) is 24.4 Å². The molecule has 5 rings (SSSR count). The number of carbonyl (C=O) groups excluding carboxylic acids is 1. The number of amides is 1. The molecule has 2 aromatic heterocycles. The summed E-state index contributed by atoms with van der Waals surface area (Å²) >= 11 is 0. The van der Waals surface area contributed by atoms with Gasteiger partial charge in [0.2, 0.25) is 0 Å². The van der Waals surface area contributed by atoms with Crippen LogP contribution < -0.4 is 10.5 Å². The first-order valence-corrected chi connectivity index (χ1v) is 13.8. The van der Waals surface area contributed by atoms with Crippen molar-refractivity contribution in [2.24, 2.45) is 0 Å². The molecule has 3 N–H and O–H groups in total. The largest absolute Gasteiger partial charge is 0.416 e.